The minimum atomic E-state index is -1.08. The number of aromatic nitrogens is 3. The molecule has 0 spiro atoms. The third kappa shape index (κ3) is 10.00. The molecular weight excluding hydrogens is 839 g/mol. The molecule has 1 aromatic carbocycles. The molecule has 1 saturated carbocycles. The van der Waals surface area contributed by atoms with Gasteiger partial charge in [-0.05, 0) is 62.9 Å². The number of amides is 5. The number of allylic oxidation sites excluding steroid dienone is 1. The van der Waals surface area contributed by atoms with Gasteiger partial charge in [-0.15, -0.1) is 0 Å². The fraction of sp³-hybridized carbons (Fsp3) is 0.489. The number of imide groups is 2. The number of anilines is 5. The van der Waals surface area contributed by atoms with Crippen molar-refractivity contribution in [2.75, 3.05) is 92.7 Å². The van der Waals surface area contributed by atoms with Crippen LogP contribution in [0.15, 0.2) is 48.3 Å². The van der Waals surface area contributed by atoms with E-state index in [1.165, 1.54) is 13.0 Å². The summed E-state index contributed by atoms with van der Waals surface area (Å²) in [7, 11) is 0. The number of nitrogens with one attached hydrogen (secondary N) is 4. The molecule has 2 aromatic heterocycles. The molecule has 3 fully saturated rings. The molecule has 0 radical (unpaired) electrons. The maximum atomic E-state index is 13.3. The second-order valence-electron chi connectivity index (χ2n) is 16.7. The molecule has 5 aliphatic rings. The van der Waals surface area contributed by atoms with Crippen LogP contribution in [0.25, 0.3) is 5.57 Å². The van der Waals surface area contributed by atoms with Crippen LogP contribution in [0.3, 0.4) is 0 Å². The minimum Gasteiger partial charge on any atom is -0.378 e. The number of carbonyl (C=O) groups is 6. The summed E-state index contributed by atoms with van der Waals surface area (Å²) in [6, 6.07) is 7.62. The first kappa shape index (κ1) is 45.2. The topological polar surface area (TPSA) is 241 Å². The van der Waals surface area contributed by atoms with E-state index in [2.05, 4.69) is 41.0 Å². The van der Waals surface area contributed by atoms with E-state index in [4.69, 9.17) is 14.5 Å². The quantitative estimate of drug-likeness (QED) is 0.0904. The lowest BCUT2D eigenvalue weighted by atomic mass is 9.93. The maximum absolute atomic E-state index is 13.3. The van der Waals surface area contributed by atoms with Crippen LogP contribution in [-0.2, 0) is 28.7 Å². The van der Waals surface area contributed by atoms with Gasteiger partial charge in [0.15, 0.2) is 12.0 Å². The number of hydrogen-bond donors (Lipinski definition) is 5. The van der Waals surface area contributed by atoms with Gasteiger partial charge in [-0.3, -0.25) is 43.9 Å². The summed E-state index contributed by atoms with van der Waals surface area (Å²) >= 11 is 0. The normalized spacial score (nSPS) is 20.3. The number of fused-ring (bicyclic) bond motifs is 2. The first-order valence-corrected chi connectivity index (χ1v) is 22.2. The molecule has 65 heavy (non-hydrogen) atoms. The molecule has 20 nitrogen and oxygen atoms in total. The lowest BCUT2D eigenvalue weighted by Crippen LogP contribution is -2.54. The van der Waals surface area contributed by atoms with Gasteiger partial charge in [0.25, 0.3) is 11.8 Å². The van der Waals surface area contributed by atoms with Crippen LogP contribution in [0.4, 0.5) is 29.0 Å². The highest BCUT2D eigenvalue weighted by Gasteiger charge is 2.46. The van der Waals surface area contributed by atoms with E-state index in [1.54, 1.807) is 18.3 Å². The molecule has 0 bridgehead atoms. The number of aliphatic hydroxyl groups is 1. The summed E-state index contributed by atoms with van der Waals surface area (Å²) in [4.78, 5) is 96.7. The van der Waals surface area contributed by atoms with Gasteiger partial charge in [0.05, 0.1) is 56.0 Å². The van der Waals surface area contributed by atoms with Crippen LogP contribution >= 0.6 is 0 Å². The van der Waals surface area contributed by atoms with Gasteiger partial charge in [0.2, 0.25) is 23.7 Å². The summed E-state index contributed by atoms with van der Waals surface area (Å²) in [6.07, 6.45) is 6.60. The highest BCUT2D eigenvalue weighted by molar-refractivity contribution is 6.25. The van der Waals surface area contributed by atoms with E-state index in [0.29, 0.717) is 54.2 Å². The average molecular weight is 894 g/mol. The highest BCUT2D eigenvalue weighted by atomic mass is 16.5. The summed E-state index contributed by atoms with van der Waals surface area (Å²) < 4.78 is 11.4. The number of aliphatic hydroxyl groups excluding tert-OH is 1. The molecule has 2 unspecified atom stereocenters. The molecule has 6 heterocycles. The van der Waals surface area contributed by atoms with Crippen molar-refractivity contribution >= 4 is 69.9 Å². The predicted octanol–water partition coefficient (Wildman–Crippen LogP) is 1.84. The summed E-state index contributed by atoms with van der Waals surface area (Å²) in [5.74, 6) is -1.30. The summed E-state index contributed by atoms with van der Waals surface area (Å²) in [5, 5.41) is 22.4. The summed E-state index contributed by atoms with van der Waals surface area (Å²) in [5.41, 5.74) is 3.38. The molecule has 1 aliphatic carbocycles. The third-order valence-electron chi connectivity index (χ3n) is 12.6. The zero-order valence-electron chi connectivity index (χ0n) is 36.6. The molecule has 2 saturated heterocycles. The third-order valence-corrected chi connectivity index (χ3v) is 12.6. The first-order chi connectivity index (χ1) is 31.5. The van der Waals surface area contributed by atoms with Gasteiger partial charge < -0.3 is 40.3 Å². The molecule has 5 amide bonds. The van der Waals surface area contributed by atoms with Crippen molar-refractivity contribution in [1.82, 2.24) is 35.4 Å². The Kier molecular flexibility index (Phi) is 14.1. The Balaban J connectivity index is 0.696. The van der Waals surface area contributed by atoms with Gasteiger partial charge in [0, 0.05) is 74.8 Å². The second-order valence-corrected chi connectivity index (χ2v) is 16.7. The van der Waals surface area contributed by atoms with E-state index in [-0.39, 0.29) is 61.4 Å². The first-order valence-electron chi connectivity index (χ1n) is 22.2. The molecular formula is C45H55N11O9. The van der Waals surface area contributed by atoms with Gasteiger partial charge in [-0.25, -0.2) is 9.97 Å². The van der Waals surface area contributed by atoms with E-state index >= 15 is 0 Å². The smallest absolute Gasteiger partial charge is 0.264 e. The Morgan fingerprint density at radius 2 is 1.66 bits per heavy atom. The molecule has 4 aliphatic heterocycles. The molecule has 8 rings (SSSR count). The predicted molar refractivity (Wildman–Crippen MR) is 238 cm³/mol. The molecule has 20 heteroatoms. The van der Waals surface area contributed by atoms with Crippen molar-refractivity contribution in [1.29, 1.82) is 0 Å². The lowest BCUT2D eigenvalue weighted by molar-refractivity contribution is -0.136. The Morgan fingerprint density at radius 1 is 0.892 bits per heavy atom. The standard InChI is InChI=1S/C45H55N11O9/c1-27-32-25-49-45(52-40(32)55(29-6-3-4-7-29)43(62)38(27)28(2)57)50-35-12-10-30(24-48-35)54-17-15-53(16-18-54)19-21-65-23-22-64-20-14-46-37(59)26-47-33-9-5-8-31-39(33)44(63)56(42(31)61)34-11-13-36(58)51-41(34)60/h5,8-10,12,24-25,29,34,43,47,62H,3-4,6-7,11,13-23,26H2,1-2H3,(H,46,59)(H,51,58,60)(H,48,49,50,52). The Morgan fingerprint density at radius 3 is 2.38 bits per heavy atom. The number of piperidine rings is 1. The van der Waals surface area contributed by atoms with Crippen molar-refractivity contribution in [2.45, 2.75) is 70.7 Å². The van der Waals surface area contributed by atoms with Crippen molar-refractivity contribution in [3.8, 4) is 0 Å². The van der Waals surface area contributed by atoms with Gasteiger partial charge >= 0.3 is 0 Å². The number of benzene rings is 1. The molecule has 5 N–H and O–H groups in total. The zero-order valence-corrected chi connectivity index (χ0v) is 36.6. The van der Waals surface area contributed by atoms with Gasteiger partial charge in [0.1, 0.15) is 17.7 Å². The summed E-state index contributed by atoms with van der Waals surface area (Å²) in [6.45, 7) is 9.30. The second kappa shape index (κ2) is 20.2. The van der Waals surface area contributed by atoms with Crippen LogP contribution in [0.2, 0.25) is 0 Å². The van der Waals surface area contributed by atoms with E-state index in [9.17, 15) is 33.9 Å². The maximum Gasteiger partial charge on any atom is 0.264 e. The van der Waals surface area contributed by atoms with Crippen molar-refractivity contribution < 1.29 is 43.3 Å². The van der Waals surface area contributed by atoms with Crippen LogP contribution in [0.5, 0.6) is 0 Å². The van der Waals surface area contributed by atoms with Crippen molar-refractivity contribution in [2.24, 2.45) is 0 Å². The largest absolute Gasteiger partial charge is 0.378 e. The number of nitrogens with zero attached hydrogens (tertiary/aromatic N) is 7. The van der Waals surface area contributed by atoms with Crippen LogP contribution in [0, 0.1) is 0 Å². The lowest BCUT2D eigenvalue weighted by Gasteiger charge is -2.40. The average Bonchev–Trinajstić information content (AvgIpc) is 3.91. The van der Waals surface area contributed by atoms with Gasteiger partial charge in [-0.2, -0.15) is 4.98 Å². The number of pyridine rings is 1. The Hall–Kier alpha value is -6.35. The van der Waals surface area contributed by atoms with Crippen molar-refractivity contribution in [3.05, 3.63) is 65.0 Å². The fourth-order valence-electron chi connectivity index (χ4n) is 9.16. The highest BCUT2D eigenvalue weighted by Crippen LogP contribution is 2.41. The monoisotopic (exact) mass is 893 g/mol. The molecule has 3 aromatic rings. The number of Topliss-reactive ketones (excluding diaryl/α,β-unsaturated/α-hetero) is 1. The van der Waals surface area contributed by atoms with Gasteiger partial charge in [-0.1, -0.05) is 18.9 Å². The number of hydrogen-bond acceptors (Lipinski definition) is 17. The number of ether oxygens (including phenoxy) is 2. The number of carbonyl (C=O) groups excluding carboxylic acids is 6. The minimum absolute atomic E-state index is 0.0249. The van der Waals surface area contributed by atoms with E-state index < -0.39 is 35.9 Å². The number of ketones is 1. The SMILES string of the molecule is CC(=O)C1=C(C)c2cnc(Nc3ccc(N4CCN(CCOCCOCCNC(=O)CNc5cccc6c5C(=O)N(C5CCC(=O)NC5=O)C6=O)CC4)cn3)nc2N(C2CCCC2)C1O. The number of rotatable bonds is 18. The molecule has 2 atom stereocenters. The Labute approximate surface area is 376 Å². The molecule has 344 valence electrons. The van der Waals surface area contributed by atoms with E-state index in [1.807, 2.05) is 30.2 Å². The van der Waals surface area contributed by atoms with Crippen LogP contribution in [0.1, 0.15) is 78.7 Å². The van der Waals surface area contributed by atoms with Crippen molar-refractivity contribution in [3.63, 3.8) is 0 Å². The zero-order chi connectivity index (χ0) is 45.6. The Bertz CT molecular complexity index is 2350. The van der Waals surface area contributed by atoms with E-state index in [0.717, 1.165) is 74.6 Å². The van der Waals surface area contributed by atoms with Crippen LogP contribution in [-0.4, -0.2) is 156 Å². The fourth-order valence-corrected chi connectivity index (χ4v) is 9.16. The number of piperazine rings is 1. The van der Waals surface area contributed by atoms with Crippen LogP contribution < -0.4 is 31.1 Å².